The number of oxazole rings is 1. The molecule has 1 aromatic carbocycles. The van der Waals surface area contributed by atoms with Crippen LogP contribution in [0.2, 0.25) is 0 Å². The van der Waals surface area contributed by atoms with Crippen molar-refractivity contribution in [1.29, 1.82) is 0 Å². The molecule has 1 aliphatic heterocycles. The minimum atomic E-state index is -0.859. The molecule has 0 bridgehead atoms. The fraction of sp³-hybridized carbons (Fsp3) is 0.312. The molecule has 1 aromatic heterocycles. The third-order valence-electron chi connectivity index (χ3n) is 3.98. The normalized spacial score (nSPS) is 17.3. The third kappa shape index (κ3) is 3.18. The van der Waals surface area contributed by atoms with Crippen molar-refractivity contribution in [3.05, 3.63) is 36.2 Å². The molecule has 3 rings (SSSR count). The van der Waals surface area contributed by atoms with Crippen molar-refractivity contribution in [1.82, 2.24) is 9.88 Å². The summed E-state index contributed by atoms with van der Waals surface area (Å²) < 4.78 is 5.26. The molecule has 0 aliphatic carbocycles. The van der Waals surface area contributed by atoms with Crippen molar-refractivity contribution < 1.29 is 19.1 Å². The van der Waals surface area contributed by atoms with Crippen molar-refractivity contribution in [2.45, 2.75) is 13.3 Å². The fourth-order valence-electron chi connectivity index (χ4n) is 2.60. The van der Waals surface area contributed by atoms with Gasteiger partial charge >= 0.3 is 12.0 Å². The second-order valence-electron chi connectivity index (χ2n) is 5.57. The number of nitrogens with zero attached hydrogens (tertiary/aromatic N) is 2. The lowest BCUT2D eigenvalue weighted by Crippen LogP contribution is -2.34. The molecule has 2 amide bonds. The number of carboxylic acid groups (broad SMARTS) is 1. The van der Waals surface area contributed by atoms with E-state index in [2.05, 4.69) is 10.3 Å². The Kier molecular flexibility index (Phi) is 4.01. The monoisotopic (exact) mass is 315 g/mol. The minimum Gasteiger partial charge on any atom is -0.481 e. The number of likely N-dealkylation sites (tertiary alicyclic amines) is 1. The van der Waals surface area contributed by atoms with Crippen LogP contribution >= 0.6 is 0 Å². The van der Waals surface area contributed by atoms with E-state index in [9.17, 15) is 9.59 Å². The minimum absolute atomic E-state index is 0.236. The van der Waals surface area contributed by atoms with E-state index >= 15 is 0 Å². The molecule has 1 aliphatic rings. The Morgan fingerprint density at radius 3 is 2.91 bits per heavy atom. The van der Waals surface area contributed by atoms with E-state index in [1.807, 2.05) is 19.1 Å². The molecule has 2 aromatic rings. The summed E-state index contributed by atoms with van der Waals surface area (Å²) in [4.78, 5) is 28.9. The van der Waals surface area contributed by atoms with Gasteiger partial charge in [0.1, 0.15) is 6.26 Å². The number of aliphatic carboxylic acids is 1. The van der Waals surface area contributed by atoms with Crippen LogP contribution in [-0.4, -0.2) is 40.1 Å². The number of carboxylic acids is 1. The molecule has 2 heterocycles. The number of hydrogen-bond acceptors (Lipinski definition) is 4. The van der Waals surface area contributed by atoms with Gasteiger partial charge in [0, 0.05) is 24.3 Å². The van der Waals surface area contributed by atoms with Gasteiger partial charge in [-0.15, -0.1) is 0 Å². The number of benzene rings is 1. The van der Waals surface area contributed by atoms with Crippen LogP contribution in [0, 0.1) is 12.8 Å². The van der Waals surface area contributed by atoms with Crippen LogP contribution in [0.25, 0.3) is 11.5 Å². The molecule has 1 saturated heterocycles. The highest BCUT2D eigenvalue weighted by Crippen LogP contribution is 2.25. The molecule has 1 fully saturated rings. The van der Waals surface area contributed by atoms with Crippen molar-refractivity contribution in [2.75, 3.05) is 18.4 Å². The van der Waals surface area contributed by atoms with Gasteiger partial charge in [0.2, 0.25) is 5.89 Å². The van der Waals surface area contributed by atoms with Gasteiger partial charge in [-0.25, -0.2) is 9.78 Å². The molecule has 7 nitrogen and oxygen atoms in total. The molecular weight excluding hydrogens is 298 g/mol. The molecule has 1 atom stereocenters. The maximum absolute atomic E-state index is 12.3. The third-order valence-corrected chi connectivity index (χ3v) is 3.98. The summed E-state index contributed by atoms with van der Waals surface area (Å²) in [6.07, 6.45) is 3.53. The Morgan fingerprint density at radius 1 is 1.43 bits per heavy atom. The highest BCUT2D eigenvalue weighted by molar-refractivity contribution is 5.91. The molecular formula is C16H17N3O4. The zero-order chi connectivity index (χ0) is 16.4. The standard InChI is InChI=1S/C16H17N3O4/c1-10-2-3-11(14-17-5-7-23-14)8-13(10)18-16(22)19-6-4-12(9-19)15(20)21/h2-3,5,7-8,12H,4,6,9H2,1H3,(H,18,22)(H,20,21). The number of urea groups is 1. The van der Waals surface area contributed by atoms with Gasteiger partial charge in [0.05, 0.1) is 12.1 Å². The van der Waals surface area contributed by atoms with E-state index in [1.165, 1.54) is 11.2 Å². The summed E-state index contributed by atoms with van der Waals surface area (Å²) in [7, 11) is 0. The number of carbonyl (C=O) groups excluding carboxylic acids is 1. The molecule has 7 heteroatoms. The summed E-state index contributed by atoms with van der Waals surface area (Å²) in [6, 6.07) is 5.25. The van der Waals surface area contributed by atoms with Gasteiger partial charge in [0.15, 0.2) is 0 Å². The summed E-state index contributed by atoms with van der Waals surface area (Å²) in [5.74, 6) is -0.865. The van der Waals surface area contributed by atoms with Crippen LogP contribution < -0.4 is 5.32 Å². The fourth-order valence-corrected chi connectivity index (χ4v) is 2.60. The number of amides is 2. The number of nitrogens with one attached hydrogen (secondary N) is 1. The van der Waals surface area contributed by atoms with Crippen LogP contribution in [0.1, 0.15) is 12.0 Å². The van der Waals surface area contributed by atoms with E-state index in [1.54, 1.807) is 12.3 Å². The number of aromatic nitrogens is 1. The van der Waals surface area contributed by atoms with Gasteiger partial charge in [-0.1, -0.05) is 6.07 Å². The predicted molar refractivity (Wildman–Crippen MR) is 83.0 cm³/mol. The van der Waals surface area contributed by atoms with E-state index < -0.39 is 11.9 Å². The topological polar surface area (TPSA) is 95.7 Å². The van der Waals surface area contributed by atoms with E-state index in [4.69, 9.17) is 9.52 Å². The van der Waals surface area contributed by atoms with Crippen molar-refractivity contribution in [3.63, 3.8) is 0 Å². The van der Waals surface area contributed by atoms with Crippen LogP contribution in [0.4, 0.5) is 10.5 Å². The molecule has 0 radical (unpaired) electrons. The van der Waals surface area contributed by atoms with Gasteiger partial charge < -0.3 is 19.7 Å². The molecule has 0 spiro atoms. The Labute approximate surface area is 132 Å². The van der Waals surface area contributed by atoms with Crippen molar-refractivity contribution >= 4 is 17.7 Å². The number of aryl methyl sites for hydroxylation is 1. The van der Waals surface area contributed by atoms with Crippen molar-refractivity contribution in [3.8, 4) is 11.5 Å². The molecule has 1 unspecified atom stereocenters. The predicted octanol–water partition coefficient (Wildman–Crippen LogP) is 2.59. The first kappa shape index (κ1) is 15.1. The first-order valence-electron chi connectivity index (χ1n) is 7.34. The van der Waals surface area contributed by atoms with Crippen LogP contribution in [0.15, 0.2) is 35.1 Å². The Bertz CT molecular complexity index is 727. The molecule has 0 saturated carbocycles. The number of hydrogen-bond donors (Lipinski definition) is 2. The summed E-state index contributed by atoms with van der Waals surface area (Å²) in [5.41, 5.74) is 2.33. The van der Waals surface area contributed by atoms with Gasteiger partial charge in [0.25, 0.3) is 0 Å². The Morgan fingerprint density at radius 2 is 2.26 bits per heavy atom. The average molecular weight is 315 g/mol. The maximum atomic E-state index is 12.3. The maximum Gasteiger partial charge on any atom is 0.321 e. The van der Waals surface area contributed by atoms with E-state index in [0.29, 0.717) is 24.5 Å². The Balaban J connectivity index is 1.74. The van der Waals surface area contributed by atoms with E-state index in [0.717, 1.165) is 11.1 Å². The smallest absolute Gasteiger partial charge is 0.321 e. The van der Waals surface area contributed by atoms with Crippen LogP contribution in [0.3, 0.4) is 0 Å². The second kappa shape index (κ2) is 6.12. The van der Waals surface area contributed by atoms with Crippen LogP contribution in [0.5, 0.6) is 0 Å². The zero-order valence-electron chi connectivity index (χ0n) is 12.7. The lowest BCUT2D eigenvalue weighted by Gasteiger charge is -2.18. The summed E-state index contributed by atoms with van der Waals surface area (Å²) in [5, 5.41) is 11.9. The zero-order valence-corrected chi connectivity index (χ0v) is 12.7. The first-order valence-corrected chi connectivity index (χ1v) is 7.34. The Hall–Kier alpha value is -2.83. The highest BCUT2D eigenvalue weighted by atomic mass is 16.4. The lowest BCUT2D eigenvalue weighted by molar-refractivity contribution is -0.141. The first-order chi connectivity index (χ1) is 11.0. The van der Waals surface area contributed by atoms with Gasteiger partial charge in [-0.2, -0.15) is 0 Å². The number of rotatable bonds is 3. The molecule has 23 heavy (non-hydrogen) atoms. The lowest BCUT2D eigenvalue weighted by atomic mass is 10.1. The highest BCUT2D eigenvalue weighted by Gasteiger charge is 2.31. The SMILES string of the molecule is Cc1ccc(-c2ncco2)cc1NC(=O)N1CCC(C(=O)O)C1. The summed E-state index contributed by atoms with van der Waals surface area (Å²) in [6.45, 7) is 2.57. The van der Waals surface area contributed by atoms with Crippen LogP contribution in [-0.2, 0) is 4.79 Å². The largest absolute Gasteiger partial charge is 0.481 e. The van der Waals surface area contributed by atoms with Gasteiger partial charge in [-0.05, 0) is 31.0 Å². The number of carbonyl (C=O) groups is 2. The van der Waals surface area contributed by atoms with E-state index in [-0.39, 0.29) is 12.6 Å². The second-order valence-corrected chi connectivity index (χ2v) is 5.57. The summed E-state index contributed by atoms with van der Waals surface area (Å²) >= 11 is 0. The quantitative estimate of drug-likeness (QED) is 0.907. The average Bonchev–Trinajstić information content (AvgIpc) is 3.21. The van der Waals surface area contributed by atoms with Gasteiger partial charge in [-0.3, -0.25) is 4.79 Å². The molecule has 120 valence electrons. The van der Waals surface area contributed by atoms with Crippen molar-refractivity contribution in [2.24, 2.45) is 5.92 Å². The molecule has 2 N–H and O–H groups in total. The number of anilines is 1.